The van der Waals surface area contributed by atoms with E-state index in [0.29, 0.717) is 11.5 Å². The minimum Gasteiger partial charge on any atom is -0.483 e. The Hall–Kier alpha value is -3.84. The predicted molar refractivity (Wildman–Crippen MR) is 99.7 cm³/mol. The molecule has 0 atom stereocenters. The van der Waals surface area contributed by atoms with E-state index >= 15 is 0 Å². The summed E-state index contributed by atoms with van der Waals surface area (Å²) in [5.41, 5.74) is -1.54. The Morgan fingerprint density at radius 1 is 1.03 bits per heavy atom. The Labute approximate surface area is 179 Å². The lowest BCUT2D eigenvalue weighted by Gasteiger charge is -2.17. The molecule has 33 heavy (non-hydrogen) atoms. The van der Waals surface area contributed by atoms with Gasteiger partial charge in [0.25, 0.3) is 0 Å². The van der Waals surface area contributed by atoms with Crippen LogP contribution in [-0.4, -0.2) is 33.4 Å². The van der Waals surface area contributed by atoms with E-state index in [9.17, 15) is 30.7 Å². The molecular formula is C19H12F7N5O2. The summed E-state index contributed by atoms with van der Waals surface area (Å²) in [6, 6.07) is 6.89. The van der Waals surface area contributed by atoms with Gasteiger partial charge in [-0.25, -0.2) is 4.39 Å². The number of ether oxygens (including phenoxy) is 1. The zero-order valence-corrected chi connectivity index (χ0v) is 16.2. The molecule has 4 aromatic rings. The highest BCUT2D eigenvalue weighted by atomic mass is 19.4. The van der Waals surface area contributed by atoms with Crippen molar-refractivity contribution >= 4 is 16.7 Å². The maximum Gasteiger partial charge on any atom is 0.422 e. The number of hydrogen-bond donors (Lipinski definition) is 2. The molecule has 2 heterocycles. The Morgan fingerprint density at radius 3 is 2.48 bits per heavy atom. The Bertz CT molecular complexity index is 1270. The molecule has 174 valence electrons. The van der Waals surface area contributed by atoms with Crippen molar-refractivity contribution in [2.24, 2.45) is 0 Å². The number of halogens is 7. The van der Waals surface area contributed by atoms with Crippen molar-refractivity contribution in [2.75, 3.05) is 11.9 Å². The quantitative estimate of drug-likeness (QED) is 0.367. The molecule has 2 aromatic heterocycles. The van der Waals surface area contributed by atoms with Crippen molar-refractivity contribution in [3.8, 4) is 17.3 Å². The largest absolute Gasteiger partial charge is 0.483 e. The molecule has 0 aliphatic rings. The number of furan rings is 1. The predicted octanol–water partition coefficient (Wildman–Crippen LogP) is 5.32. The molecular weight excluding hydrogens is 463 g/mol. The van der Waals surface area contributed by atoms with Crippen LogP contribution in [0.3, 0.4) is 0 Å². The lowest BCUT2D eigenvalue weighted by Crippen LogP contribution is -2.21. The fourth-order valence-corrected chi connectivity index (χ4v) is 2.97. The Kier molecular flexibility index (Phi) is 5.59. The number of aromatic amines is 1. The van der Waals surface area contributed by atoms with E-state index in [-0.39, 0.29) is 35.0 Å². The zero-order valence-electron chi connectivity index (χ0n) is 16.2. The van der Waals surface area contributed by atoms with Gasteiger partial charge in [0.15, 0.2) is 23.8 Å². The molecule has 0 spiro atoms. The second-order valence-corrected chi connectivity index (χ2v) is 6.77. The number of hydrogen-bond acceptors (Lipinski definition) is 6. The first-order chi connectivity index (χ1) is 15.5. The van der Waals surface area contributed by atoms with Crippen LogP contribution in [0.4, 0.5) is 36.4 Å². The zero-order chi connectivity index (χ0) is 23.8. The highest BCUT2D eigenvalue weighted by molar-refractivity contribution is 5.83. The van der Waals surface area contributed by atoms with Crippen molar-refractivity contribution in [1.82, 2.24) is 20.6 Å². The number of anilines is 1. The van der Waals surface area contributed by atoms with Crippen molar-refractivity contribution < 1.29 is 39.9 Å². The number of rotatable bonds is 6. The molecule has 0 amide bonds. The fourth-order valence-electron chi connectivity index (χ4n) is 2.97. The van der Waals surface area contributed by atoms with E-state index < -0.39 is 36.1 Å². The second kappa shape index (κ2) is 8.26. The number of tetrazole rings is 1. The monoisotopic (exact) mass is 475 g/mol. The lowest BCUT2D eigenvalue weighted by atomic mass is 10.1. The van der Waals surface area contributed by atoms with Crippen molar-refractivity contribution in [3.05, 3.63) is 53.3 Å². The third-order valence-electron chi connectivity index (χ3n) is 4.43. The number of H-pyrrole nitrogens is 1. The van der Waals surface area contributed by atoms with Crippen LogP contribution >= 0.6 is 0 Å². The molecule has 14 heteroatoms. The molecule has 2 N–H and O–H groups in total. The number of nitrogens with one attached hydrogen (secondary N) is 2. The highest BCUT2D eigenvalue weighted by Gasteiger charge is 2.36. The first kappa shape index (κ1) is 22.4. The normalized spacial score (nSPS) is 12.3. The molecule has 0 bridgehead atoms. The van der Waals surface area contributed by atoms with Gasteiger partial charge in [-0.15, -0.1) is 10.2 Å². The van der Waals surface area contributed by atoms with Gasteiger partial charge in [0.05, 0.1) is 5.56 Å². The fraction of sp³-hybridized carbons (Fsp3) is 0.211. The average Bonchev–Trinajstić information content (AvgIpc) is 3.41. The van der Waals surface area contributed by atoms with Crippen molar-refractivity contribution in [3.63, 3.8) is 0 Å². The maximum atomic E-state index is 14.9. The summed E-state index contributed by atoms with van der Waals surface area (Å²) < 4.78 is 101. The molecule has 0 saturated carbocycles. The smallest absolute Gasteiger partial charge is 0.422 e. The molecule has 2 aromatic carbocycles. The van der Waals surface area contributed by atoms with Gasteiger partial charge in [-0.05, 0) is 29.5 Å². The second-order valence-electron chi connectivity index (χ2n) is 6.77. The summed E-state index contributed by atoms with van der Waals surface area (Å²) in [7, 11) is 0. The third kappa shape index (κ3) is 4.99. The third-order valence-corrected chi connectivity index (χ3v) is 4.43. The van der Waals surface area contributed by atoms with Crippen molar-refractivity contribution in [2.45, 2.75) is 18.9 Å². The van der Waals surface area contributed by atoms with Crippen molar-refractivity contribution in [1.29, 1.82) is 0 Å². The van der Waals surface area contributed by atoms with Gasteiger partial charge < -0.3 is 14.5 Å². The van der Waals surface area contributed by atoms with E-state index in [1.165, 1.54) is 18.2 Å². The highest BCUT2D eigenvalue weighted by Crippen LogP contribution is 2.38. The summed E-state index contributed by atoms with van der Waals surface area (Å²) >= 11 is 0. The summed E-state index contributed by atoms with van der Waals surface area (Å²) in [5, 5.41) is 16.1. The molecule has 0 saturated heterocycles. The van der Waals surface area contributed by atoms with E-state index in [1.807, 2.05) is 0 Å². The van der Waals surface area contributed by atoms with Crippen LogP contribution in [0.5, 0.6) is 5.75 Å². The minimum absolute atomic E-state index is 0.0717. The van der Waals surface area contributed by atoms with Crippen LogP contribution in [0.1, 0.15) is 11.1 Å². The number of nitrogens with zero attached hydrogens (tertiary/aromatic N) is 3. The first-order valence-corrected chi connectivity index (χ1v) is 9.11. The van der Waals surface area contributed by atoms with Gasteiger partial charge in [0.2, 0.25) is 5.82 Å². The molecule has 4 rings (SSSR count). The molecule has 7 nitrogen and oxygen atoms in total. The van der Waals surface area contributed by atoms with Crippen LogP contribution in [0.15, 0.2) is 40.8 Å². The van der Waals surface area contributed by atoms with Gasteiger partial charge in [0.1, 0.15) is 5.75 Å². The van der Waals surface area contributed by atoms with Crippen LogP contribution in [0.25, 0.3) is 22.6 Å². The molecule has 0 aliphatic carbocycles. The van der Waals surface area contributed by atoms with E-state index in [1.54, 1.807) is 0 Å². The summed E-state index contributed by atoms with van der Waals surface area (Å²) in [6.45, 7) is -2.11. The Morgan fingerprint density at radius 2 is 1.82 bits per heavy atom. The first-order valence-electron chi connectivity index (χ1n) is 9.11. The summed E-state index contributed by atoms with van der Waals surface area (Å²) in [6.07, 6.45) is -9.77. The van der Waals surface area contributed by atoms with Crippen LogP contribution in [0.2, 0.25) is 0 Å². The molecule has 0 aliphatic heterocycles. The van der Waals surface area contributed by atoms with Gasteiger partial charge in [-0.3, -0.25) is 0 Å². The van der Waals surface area contributed by atoms with Crippen LogP contribution in [-0.2, 0) is 12.7 Å². The SMILES string of the molecule is Fc1c(CNc2ccc(OCC(F)(F)F)c(C(F)(F)F)c2)ccc2cc(-c3nn[nH]n3)oc12. The number of alkyl halides is 6. The van der Waals surface area contributed by atoms with Crippen LogP contribution < -0.4 is 10.1 Å². The average molecular weight is 475 g/mol. The van der Waals surface area contributed by atoms with E-state index in [2.05, 4.69) is 30.7 Å². The van der Waals surface area contributed by atoms with Gasteiger partial charge in [-0.2, -0.15) is 31.6 Å². The van der Waals surface area contributed by atoms with E-state index in [0.717, 1.165) is 12.1 Å². The lowest BCUT2D eigenvalue weighted by molar-refractivity contribution is -0.158. The minimum atomic E-state index is -4.97. The van der Waals surface area contributed by atoms with Gasteiger partial charge in [-0.1, -0.05) is 12.1 Å². The van der Waals surface area contributed by atoms with E-state index in [4.69, 9.17) is 4.42 Å². The van der Waals surface area contributed by atoms with Gasteiger partial charge in [0, 0.05) is 23.2 Å². The van der Waals surface area contributed by atoms with Crippen LogP contribution in [0, 0.1) is 5.82 Å². The summed E-state index contributed by atoms with van der Waals surface area (Å²) in [4.78, 5) is 0. The number of fused-ring (bicyclic) bond motifs is 1. The topological polar surface area (TPSA) is 88.9 Å². The number of benzene rings is 2. The standard InChI is InChI=1S/C19H12F7N5O2/c20-15-10(2-1-9-5-14(33-16(9)15)17-28-30-31-29-17)7-27-11-3-4-13(32-8-18(21,22)23)12(6-11)19(24,25)26/h1-6,27H,7-8H2,(H,28,29,30,31). The number of aromatic nitrogens is 4. The molecule has 0 radical (unpaired) electrons. The Balaban J connectivity index is 1.55. The summed E-state index contributed by atoms with van der Waals surface area (Å²) in [5.74, 6) is -1.46. The maximum absolute atomic E-state index is 14.9. The molecule has 0 unspecified atom stereocenters. The van der Waals surface area contributed by atoms with Gasteiger partial charge >= 0.3 is 12.4 Å². The molecule has 0 fully saturated rings.